The van der Waals surface area contributed by atoms with E-state index in [1.165, 1.54) is 12.1 Å². The molecule has 0 aromatic heterocycles. The average Bonchev–Trinajstić information content (AvgIpc) is 2.85. The molecule has 0 bridgehead atoms. The van der Waals surface area contributed by atoms with Gasteiger partial charge < -0.3 is 14.6 Å². The van der Waals surface area contributed by atoms with Crippen molar-refractivity contribution in [3.8, 4) is 11.5 Å². The molecule has 5 heteroatoms. The van der Waals surface area contributed by atoms with Crippen LogP contribution in [0.4, 0.5) is 4.39 Å². The highest BCUT2D eigenvalue weighted by molar-refractivity contribution is 6.32. The number of hydrogen-bond donors (Lipinski definition) is 1. The Morgan fingerprint density at radius 3 is 2.65 bits per heavy atom. The van der Waals surface area contributed by atoms with Crippen LogP contribution in [0, 0.1) is 12.7 Å². The minimum absolute atomic E-state index is 0.105. The van der Waals surface area contributed by atoms with Crippen molar-refractivity contribution in [3.05, 3.63) is 57.9 Å². The molecule has 1 atom stereocenters. The first-order valence-electron chi connectivity index (χ1n) is 6.09. The molecule has 1 heterocycles. The number of ether oxygens (including phenoxy) is 2. The lowest BCUT2D eigenvalue weighted by molar-refractivity contribution is 0.173. The van der Waals surface area contributed by atoms with Crippen LogP contribution in [0.3, 0.4) is 0 Å². The number of aryl methyl sites for hydroxylation is 1. The van der Waals surface area contributed by atoms with Crippen LogP contribution in [-0.2, 0) is 0 Å². The number of aliphatic hydroxyl groups is 1. The van der Waals surface area contributed by atoms with Crippen LogP contribution in [-0.4, -0.2) is 11.9 Å². The van der Waals surface area contributed by atoms with Crippen molar-refractivity contribution in [2.24, 2.45) is 0 Å². The van der Waals surface area contributed by atoms with Crippen LogP contribution in [0.2, 0.25) is 5.02 Å². The zero-order valence-electron chi connectivity index (χ0n) is 10.7. The van der Waals surface area contributed by atoms with E-state index in [2.05, 4.69) is 0 Å². The maximum atomic E-state index is 13.4. The summed E-state index contributed by atoms with van der Waals surface area (Å²) < 4.78 is 23.9. The molecular weight excluding hydrogens is 283 g/mol. The fraction of sp³-hybridized carbons (Fsp3) is 0.200. The molecule has 0 radical (unpaired) electrons. The number of benzene rings is 2. The summed E-state index contributed by atoms with van der Waals surface area (Å²) in [4.78, 5) is 0. The molecule has 1 unspecified atom stereocenters. The summed E-state index contributed by atoms with van der Waals surface area (Å²) in [5, 5.41) is 10.7. The zero-order valence-corrected chi connectivity index (χ0v) is 11.4. The normalized spacial score (nSPS) is 14.4. The van der Waals surface area contributed by atoms with E-state index in [4.69, 9.17) is 21.1 Å². The highest BCUT2D eigenvalue weighted by Crippen LogP contribution is 2.41. The van der Waals surface area contributed by atoms with Crippen molar-refractivity contribution < 1.29 is 19.0 Å². The zero-order chi connectivity index (χ0) is 14.3. The largest absolute Gasteiger partial charge is 0.454 e. The van der Waals surface area contributed by atoms with Crippen LogP contribution < -0.4 is 9.47 Å². The van der Waals surface area contributed by atoms with E-state index in [1.807, 2.05) is 0 Å². The third-order valence-electron chi connectivity index (χ3n) is 3.15. The van der Waals surface area contributed by atoms with Gasteiger partial charge in [-0.15, -0.1) is 0 Å². The molecule has 0 fully saturated rings. The first kappa shape index (κ1) is 13.2. The molecule has 2 aromatic carbocycles. The molecule has 1 aliphatic heterocycles. The highest BCUT2D eigenvalue weighted by Gasteiger charge is 2.21. The summed E-state index contributed by atoms with van der Waals surface area (Å²) in [5.41, 5.74) is 1.74. The van der Waals surface area contributed by atoms with Crippen LogP contribution in [0.5, 0.6) is 11.5 Å². The van der Waals surface area contributed by atoms with Gasteiger partial charge in [-0.1, -0.05) is 17.7 Å². The second kappa shape index (κ2) is 4.96. The summed E-state index contributed by atoms with van der Waals surface area (Å²) >= 11 is 6.08. The third-order valence-corrected chi connectivity index (χ3v) is 3.43. The van der Waals surface area contributed by atoms with E-state index in [1.54, 1.807) is 25.1 Å². The number of rotatable bonds is 2. The maximum Gasteiger partial charge on any atom is 0.231 e. The number of halogens is 2. The second-order valence-corrected chi connectivity index (χ2v) is 5.11. The van der Waals surface area contributed by atoms with Crippen LogP contribution in [0.25, 0.3) is 0 Å². The van der Waals surface area contributed by atoms with Crippen molar-refractivity contribution >= 4 is 11.6 Å². The lowest BCUT2D eigenvalue weighted by Gasteiger charge is -2.14. The van der Waals surface area contributed by atoms with E-state index < -0.39 is 6.10 Å². The number of hydrogen-bond acceptors (Lipinski definition) is 3. The Morgan fingerprint density at radius 1 is 1.15 bits per heavy atom. The monoisotopic (exact) mass is 294 g/mol. The predicted molar refractivity (Wildman–Crippen MR) is 72.8 cm³/mol. The van der Waals surface area contributed by atoms with Gasteiger partial charge in [-0.25, -0.2) is 4.39 Å². The van der Waals surface area contributed by atoms with Gasteiger partial charge in [0, 0.05) is 0 Å². The minimum Gasteiger partial charge on any atom is -0.454 e. The van der Waals surface area contributed by atoms with Crippen molar-refractivity contribution in [3.63, 3.8) is 0 Å². The van der Waals surface area contributed by atoms with E-state index in [-0.39, 0.29) is 12.6 Å². The number of aliphatic hydroxyl groups excluding tert-OH is 1. The molecule has 104 valence electrons. The standard InChI is InChI=1S/C15H12ClFO3/c1-8-2-9(4-11(17)3-8)14(18)10-5-12(16)15-13(6-10)19-7-20-15/h2-6,14,18H,7H2,1H3. The number of fused-ring (bicyclic) bond motifs is 1. The fourth-order valence-electron chi connectivity index (χ4n) is 2.26. The summed E-state index contributed by atoms with van der Waals surface area (Å²) in [6, 6.07) is 7.68. The van der Waals surface area contributed by atoms with Gasteiger partial charge >= 0.3 is 0 Å². The molecular formula is C15H12ClFO3. The van der Waals surface area contributed by atoms with Crippen molar-refractivity contribution in [2.75, 3.05) is 6.79 Å². The molecule has 0 aliphatic carbocycles. The highest BCUT2D eigenvalue weighted by atomic mass is 35.5. The van der Waals surface area contributed by atoms with Crippen molar-refractivity contribution in [1.82, 2.24) is 0 Å². The van der Waals surface area contributed by atoms with E-state index >= 15 is 0 Å². The van der Waals surface area contributed by atoms with Gasteiger partial charge in [-0.3, -0.25) is 0 Å². The third kappa shape index (κ3) is 2.32. The molecule has 0 spiro atoms. The molecule has 3 rings (SSSR count). The Kier molecular flexibility index (Phi) is 3.28. The average molecular weight is 295 g/mol. The fourth-order valence-corrected chi connectivity index (χ4v) is 2.53. The minimum atomic E-state index is -0.976. The lowest BCUT2D eigenvalue weighted by Crippen LogP contribution is -2.01. The first-order valence-corrected chi connectivity index (χ1v) is 6.46. The topological polar surface area (TPSA) is 38.7 Å². The van der Waals surface area contributed by atoms with Crippen LogP contribution >= 0.6 is 11.6 Å². The molecule has 0 saturated carbocycles. The lowest BCUT2D eigenvalue weighted by atomic mass is 9.99. The summed E-state index contributed by atoms with van der Waals surface area (Å²) in [6.45, 7) is 1.87. The van der Waals surface area contributed by atoms with Gasteiger partial charge in [0.25, 0.3) is 0 Å². The molecule has 2 aromatic rings. The molecule has 3 nitrogen and oxygen atoms in total. The molecule has 1 N–H and O–H groups in total. The Labute approximate surface area is 120 Å². The molecule has 1 aliphatic rings. The van der Waals surface area contributed by atoms with Crippen LogP contribution in [0.1, 0.15) is 22.8 Å². The van der Waals surface area contributed by atoms with Crippen molar-refractivity contribution in [2.45, 2.75) is 13.0 Å². The van der Waals surface area contributed by atoms with E-state index in [9.17, 15) is 9.50 Å². The first-order chi connectivity index (χ1) is 9.54. The van der Waals surface area contributed by atoms with Gasteiger partial charge in [0.15, 0.2) is 11.5 Å². The Hall–Kier alpha value is -1.78. The molecule has 0 saturated heterocycles. The van der Waals surface area contributed by atoms with E-state index in [0.29, 0.717) is 27.6 Å². The summed E-state index contributed by atoms with van der Waals surface area (Å²) in [7, 11) is 0. The quantitative estimate of drug-likeness (QED) is 0.920. The smallest absolute Gasteiger partial charge is 0.231 e. The second-order valence-electron chi connectivity index (χ2n) is 4.70. The predicted octanol–water partition coefficient (Wildman–Crippen LogP) is 3.60. The molecule has 20 heavy (non-hydrogen) atoms. The summed E-state index contributed by atoms with van der Waals surface area (Å²) in [5.74, 6) is 0.573. The van der Waals surface area contributed by atoms with Gasteiger partial charge in [-0.05, 0) is 47.9 Å². The Balaban J connectivity index is 2.02. The van der Waals surface area contributed by atoms with Gasteiger partial charge in [0.2, 0.25) is 6.79 Å². The van der Waals surface area contributed by atoms with Crippen molar-refractivity contribution in [1.29, 1.82) is 0 Å². The van der Waals surface area contributed by atoms with Gasteiger partial charge in [-0.2, -0.15) is 0 Å². The molecule has 0 amide bonds. The van der Waals surface area contributed by atoms with Gasteiger partial charge in [0.1, 0.15) is 11.9 Å². The summed E-state index contributed by atoms with van der Waals surface area (Å²) in [6.07, 6.45) is -0.976. The Bertz CT molecular complexity index is 652. The van der Waals surface area contributed by atoms with Gasteiger partial charge in [0.05, 0.1) is 5.02 Å². The maximum absolute atomic E-state index is 13.4. The SMILES string of the molecule is Cc1cc(F)cc(C(O)c2cc(Cl)c3c(c2)OCO3)c1. The Morgan fingerprint density at radius 2 is 1.90 bits per heavy atom. The van der Waals surface area contributed by atoms with Crippen LogP contribution in [0.15, 0.2) is 30.3 Å². The van der Waals surface area contributed by atoms with E-state index in [0.717, 1.165) is 5.56 Å².